The highest BCUT2D eigenvalue weighted by Crippen LogP contribution is 2.31. The molecule has 0 radical (unpaired) electrons. The lowest BCUT2D eigenvalue weighted by molar-refractivity contribution is 0.0938. The number of ether oxygens (including phenoxy) is 1. The first-order valence-corrected chi connectivity index (χ1v) is 9.18. The van der Waals surface area contributed by atoms with Crippen LogP contribution in [0, 0.1) is 0 Å². The summed E-state index contributed by atoms with van der Waals surface area (Å²) in [4.78, 5) is 19.2. The maximum atomic E-state index is 12.5. The van der Waals surface area contributed by atoms with E-state index in [9.17, 15) is 4.79 Å². The fraction of sp³-hybridized carbons (Fsp3) is 0.286. The number of carbonyl (C=O) groups is 1. The Labute approximate surface area is 163 Å². The van der Waals surface area contributed by atoms with Gasteiger partial charge in [-0.3, -0.25) is 9.69 Å². The van der Waals surface area contributed by atoms with E-state index < -0.39 is 0 Å². The fourth-order valence-electron chi connectivity index (χ4n) is 3.48. The van der Waals surface area contributed by atoms with E-state index in [0.29, 0.717) is 17.3 Å². The van der Waals surface area contributed by atoms with Crippen LogP contribution in [0.25, 0.3) is 11.4 Å². The minimum Gasteiger partial charge on any atom is -0.497 e. The lowest BCUT2D eigenvalue weighted by Crippen LogP contribution is -2.36. The molecule has 1 N–H and O–H groups in total. The van der Waals surface area contributed by atoms with Crippen LogP contribution in [-0.4, -0.2) is 47.7 Å². The van der Waals surface area contributed by atoms with E-state index in [4.69, 9.17) is 9.26 Å². The summed E-state index contributed by atoms with van der Waals surface area (Å²) < 4.78 is 10.6. The smallest absolute Gasteiger partial charge is 0.251 e. The Morgan fingerprint density at radius 1 is 1.18 bits per heavy atom. The molecule has 1 saturated heterocycles. The van der Waals surface area contributed by atoms with E-state index >= 15 is 0 Å². The van der Waals surface area contributed by atoms with Gasteiger partial charge in [0, 0.05) is 23.7 Å². The van der Waals surface area contributed by atoms with E-state index in [1.807, 2.05) is 37.4 Å². The number of likely N-dealkylation sites (tertiary alicyclic amines) is 1. The number of nitrogens with one attached hydrogen (secondary N) is 1. The number of nitrogens with zero attached hydrogens (tertiary/aromatic N) is 3. The molecule has 0 spiro atoms. The molecule has 7 heteroatoms. The summed E-state index contributed by atoms with van der Waals surface area (Å²) in [6.07, 6.45) is 0.717. The first-order valence-electron chi connectivity index (χ1n) is 9.18. The van der Waals surface area contributed by atoms with Crippen molar-refractivity contribution in [3.63, 3.8) is 0 Å². The van der Waals surface area contributed by atoms with Gasteiger partial charge in [-0.15, -0.1) is 0 Å². The van der Waals surface area contributed by atoms with Crippen molar-refractivity contribution in [1.82, 2.24) is 20.4 Å². The van der Waals surface area contributed by atoms with Crippen LogP contribution in [0.3, 0.4) is 0 Å². The van der Waals surface area contributed by atoms with Gasteiger partial charge in [-0.05, 0) is 37.7 Å². The van der Waals surface area contributed by atoms with Gasteiger partial charge in [0.25, 0.3) is 5.91 Å². The van der Waals surface area contributed by atoms with Gasteiger partial charge in [-0.1, -0.05) is 35.5 Å². The molecule has 2 atom stereocenters. The zero-order valence-corrected chi connectivity index (χ0v) is 15.8. The molecule has 0 aliphatic carbocycles. The average Bonchev–Trinajstić information content (AvgIpc) is 3.35. The van der Waals surface area contributed by atoms with Gasteiger partial charge in [0.1, 0.15) is 5.75 Å². The number of rotatable bonds is 5. The largest absolute Gasteiger partial charge is 0.497 e. The third-order valence-corrected chi connectivity index (χ3v) is 4.99. The molecule has 1 amide bonds. The third-order valence-electron chi connectivity index (χ3n) is 4.99. The molecule has 0 saturated carbocycles. The van der Waals surface area contributed by atoms with Crippen LogP contribution < -0.4 is 10.1 Å². The number of hydrogen-bond acceptors (Lipinski definition) is 6. The molecule has 1 aromatic heterocycles. The SMILES string of the molecule is COc1ccc(C(=O)N[C@H]2C[C@@H](c3nc(-c4ccccc4)no3)N(C)C2)cc1. The normalized spacial score (nSPS) is 19.5. The van der Waals surface area contributed by atoms with Crippen LogP contribution in [0.15, 0.2) is 59.1 Å². The molecule has 2 heterocycles. The van der Waals surface area contributed by atoms with Crippen molar-refractivity contribution >= 4 is 5.91 Å². The predicted octanol–water partition coefficient (Wildman–Crippen LogP) is 2.92. The topological polar surface area (TPSA) is 80.5 Å². The van der Waals surface area contributed by atoms with E-state index in [-0.39, 0.29) is 18.0 Å². The Morgan fingerprint density at radius 3 is 2.64 bits per heavy atom. The van der Waals surface area contributed by atoms with Crippen LogP contribution in [0.5, 0.6) is 5.75 Å². The zero-order valence-electron chi connectivity index (χ0n) is 15.8. The van der Waals surface area contributed by atoms with E-state index in [1.54, 1.807) is 31.4 Å². The number of carbonyl (C=O) groups excluding carboxylic acids is 1. The summed E-state index contributed by atoms with van der Waals surface area (Å²) in [7, 11) is 3.60. The van der Waals surface area contributed by atoms with Gasteiger partial charge < -0.3 is 14.6 Å². The van der Waals surface area contributed by atoms with Crippen LogP contribution in [-0.2, 0) is 0 Å². The lowest BCUT2D eigenvalue weighted by Gasteiger charge is -2.14. The number of amides is 1. The van der Waals surface area contributed by atoms with Gasteiger partial charge in [0.2, 0.25) is 11.7 Å². The van der Waals surface area contributed by atoms with E-state index in [0.717, 1.165) is 24.3 Å². The summed E-state index contributed by atoms with van der Waals surface area (Å²) in [6, 6.07) is 16.8. The monoisotopic (exact) mass is 378 g/mol. The summed E-state index contributed by atoms with van der Waals surface area (Å²) in [5, 5.41) is 7.19. The van der Waals surface area contributed by atoms with Crippen LogP contribution >= 0.6 is 0 Å². The second-order valence-corrected chi connectivity index (χ2v) is 6.91. The number of aromatic nitrogens is 2. The van der Waals surface area contributed by atoms with Gasteiger partial charge in [0.05, 0.1) is 13.2 Å². The highest BCUT2D eigenvalue weighted by Gasteiger charge is 2.35. The maximum Gasteiger partial charge on any atom is 0.251 e. The first kappa shape index (κ1) is 18.2. The van der Waals surface area contributed by atoms with E-state index in [2.05, 4.69) is 20.4 Å². The maximum absolute atomic E-state index is 12.5. The quantitative estimate of drug-likeness (QED) is 0.735. The number of hydrogen-bond donors (Lipinski definition) is 1. The standard InChI is InChI=1S/C21H22N4O3/c1-25-13-16(22-20(26)15-8-10-17(27-2)11-9-15)12-18(25)21-23-19(24-28-21)14-6-4-3-5-7-14/h3-11,16,18H,12-13H2,1-2H3,(H,22,26)/t16-,18-/m0/s1. The molecule has 7 nitrogen and oxygen atoms in total. The molecule has 2 aromatic carbocycles. The molecule has 1 fully saturated rings. The fourth-order valence-corrected chi connectivity index (χ4v) is 3.48. The molecule has 0 unspecified atom stereocenters. The molecule has 0 bridgehead atoms. The van der Waals surface area contributed by atoms with E-state index in [1.165, 1.54) is 0 Å². The highest BCUT2D eigenvalue weighted by atomic mass is 16.5. The molecular formula is C21H22N4O3. The molecule has 4 rings (SSSR count). The summed E-state index contributed by atoms with van der Waals surface area (Å²) in [5.41, 5.74) is 1.53. The molecular weight excluding hydrogens is 356 g/mol. The van der Waals surface area contributed by atoms with Crippen molar-refractivity contribution in [1.29, 1.82) is 0 Å². The Kier molecular flexibility index (Phi) is 5.08. The van der Waals surface area contributed by atoms with Gasteiger partial charge in [0.15, 0.2) is 0 Å². The summed E-state index contributed by atoms with van der Waals surface area (Å²) >= 11 is 0. The minimum absolute atomic E-state index is 0.0108. The number of benzene rings is 2. The van der Waals surface area contributed by atoms with Crippen molar-refractivity contribution in [2.45, 2.75) is 18.5 Å². The van der Waals surface area contributed by atoms with Crippen LogP contribution in [0.4, 0.5) is 0 Å². The van der Waals surface area contributed by atoms with Crippen molar-refractivity contribution in [2.75, 3.05) is 20.7 Å². The highest BCUT2D eigenvalue weighted by molar-refractivity contribution is 5.94. The molecule has 3 aromatic rings. The van der Waals surface area contributed by atoms with Crippen LogP contribution in [0.2, 0.25) is 0 Å². The van der Waals surface area contributed by atoms with Crippen molar-refractivity contribution in [3.05, 3.63) is 66.1 Å². The molecule has 1 aliphatic heterocycles. The molecule has 144 valence electrons. The Morgan fingerprint density at radius 2 is 1.93 bits per heavy atom. The first-order chi connectivity index (χ1) is 13.6. The lowest BCUT2D eigenvalue weighted by atomic mass is 10.1. The van der Waals surface area contributed by atoms with Crippen molar-refractivity contribution < 1.29 is 14.1 Å². The Bertz CT molecular complexity index is 940. The summed E-state index contributed by atoms with van der Waals surface area (Å²) in [5.74, 6) is 1.78. The van der Waals surface area contributed by atoms with Gasteiger partial charge >= 0.3 is 0 Å². The molecule has 1 aliphatic rings. The Balaban J connectivity index is 1.42. The Hall–Kier alpha value is -3.19. The zero-order chi connectivity index (χ0) is 19.5. The predicted molar refractivity (Wildman–Crippen MR) is 104 cm³/mol. The van der Waals surface area contributed by atoms with Gasteiger partial charge in [-0.2, -0.15) is 4.98 Å². The second-order valence-electron chi connectivity index (χ2n) is 6.91. The number of methoxy groups -OCH3 is 1. The van der Waals surface area contributed by atoms with Crippen molar-refractivity contribution in [2.24, 2.45) is 0 Å². The average molecular weight is 378 g/mol. The second kappa shape index (κ2) is 7.82. The number of likely N-dealkylation sites (N-methyl/N-ethyl adjacent to an activating group) is 1. The van der Waals surface area contributed by atoms with Gasteiger partial charge in [-0.25, -0.2) is 0 Å². The summed E-state index contributed by atoms with van der Waals surface area (Å²) in [6.45, 7) is 0.718. The van der Waals surface area contributed by atoms with Crippen molar-refractivity contribution in [3.8, 4) is 17.1 Å². The third kappa shape index (κ3) is 3.75. The van der Waals surface area contributed by atoms with Crippen LogP contribution in [0.1, 0.15) is 28.7 Å². The molecule has 28 heavy (non-hydrogen) atoms. The minimum atomic E-state index is -0.0998.